The molecule has 1 rings (SSSR count). The summed E-state index contributed by atoms with van der Waals surface area (Å²) < 4.78 is 0. The molecule has 0 aliphatic carbocycles. The van der Waals surface area contributed by atoms with Gasteiger partial charge >= 0.3 is 0 Å². The van der Waals surface area contributed by atoms with Crippen molar-refractivity contribution in [3.63, 3.8) is 0 Å². The first-order chi connectivity index (χ1) is 7.43. The lowest BCUT2D eigenvalue weighted by atomic mass is 10.00. The Morgan fingerprint density at radius 2 is 2.06 bits per heavy atom. The highest BCUT2D eigenvalue weighted by Gasteiger charge is 2.32. The van der Waals surface area contributed by atoms with E-state index in [0.717, 1.165) is 38.9 Å². The van der Waals surface area contributed by atoms with Gasteiger partial charge in [-0.1, -0.05) is 13.8 Å². The standard InChI is InChI=1S/C13H26N2O/c1-11(2)7-10-15-9-6-5-8-14-13(3,4)12(15)16/h11,14H,5-10H2,1-4H3. The second kappa shape index (κ2) is 5.67. The first-order valence-electron chi connectivity index (χ1n) is 6.48. The van der Waals surface area contributed by atoms with Crippen LogP contribution < -0.4 is 5.32 Å². The molecule has 0 aromatic heterocycles. The van der Waals surface area contributed by atoms with Gasteiger partial charge in [-0.05, 0) is 45.6 Å². The van der Waals surface area contributed by atoms with Gasteiger partial charge in [-0.3, -0.25) is 4.79 Å². The highest BCUT2D eigenvalue weighted by molar-refractivity contribution is 5.85. The van der Waals surface area contributed by atoms with E-state index in [1.165, 1.54) is 0 Å². The number of nitrogens with one attached hydrogen (secondary N) is 1. The summed E-state index contributed by atoms with van der Waals surface area (Å²) in [6.45, 7) is 11.2. The molecule has 1 amide bonds. The minimum absolute atomic E-state index is 0.257. The number of rotatable bonds is 3. The predicted molar refractivity (Wildman–Crippen MR) is 67.4 cm³/mol. The maximum Gasteiger partial charge on any atom is 0.242 e. The quantitative estimate of drug-likeness (QED) is 0.798. The van der Waals surface area contributed by atoms with Crippen molar-refractivity contribution in [2.45, 2.75) is 52.5 Å². The van der Waals surface area contributed by atoms with E-state index in [9.17, 15) is 4.79 Å². The third kappa shape index (κ3) is 3.78. The van der Waals surface area contributed by atoms with E-state index in [4.69, 9.17) is 0 Å². The van der Waals surface area contributed by atoms with E-state index in [-0.39, 0.29) is 5.91 Å². The van der Waals surface area contributed by atoms with Crippen LogP contribution in [0.5, 0.6) is 0 Å². The molecule has 0 spiro atoms. The molecule has 0 unspecified atom stereocenters. The molecule has 16 heavy (non-hydrogen) atoms. The maximum absolute atomic E-state index is 12.3. The van der Waals surface area contributed by atoms with E-state index >= 15 is 0 Å². The molecule has 1 fully saturated rings. The van der Waals surface area contributed by atoms with Gasteiger partial charge < -0.3 is 10.2 Å². The molecule has 1 heterocycles. The molecule has 0 aromatic rings. The molecule has 0 saturated carbocycles. The Balaban J connectivity index is 2.60. The Kier molecular flexibility index (Phi) is 4.78. The second-order valence-electron chi connectivity index (χ2n) is 5.73. The van der Waals surface area contributed by atoms with Crippen molar-refractivity contribution in [3.05, 3.63) is 0 Å². The van der Waals surface area contributed by atoms with E-state index in [1.54, 1.807) is 0 Å². The Labute approximate surface area is 99.6 Å². The molecular weight excluding hydrogens is 200 g/mol. The lowest BCUT2D eigenvalue weighted by Crippen LogP contribution is -2.56. The number of hydrogen-bond acceptors (Lipinski definition) is 2. The average molecular weight is 226 g/mol. The molecule has 1 aliphatic heterocycles. The van der Waals surface area contributed by atoms with Crippen molar-refractivity contribution < 1.29 is 4.79 Å². The van der Waals surface area contributed by atoms with Gasteiger partial charge in [-0.25, -0.2) is 0 Å². The molecule has 0 radical (unpaired) electrons. The number of hydrogen-bond donors (Lipinski definition) is 1. The Bertz CT molecular complexity index is 236. The molecule has 94 valence electrons. The van der Waals surface area contributed by atoms with Crippen molar-refractivity contribution in [2.75, 3.05) is 19.6 Å². The van der Waals surface area contributed by atoms with Crippen molar-refractivity contribution >= 4 is 5.91 Å². The molecule has 3 nitrogen and oxygen atoms in total. The predicted octanol–water partition coefficient (Wildman–Crippen LogP) is 2.02. The third-order valence-corrected chi connectivity index (χ3v) is 3.22. The first kappa shape index (κ1) is 13.5. The monoisotopic (exact) mass is 226 g/mol. The molecule has 1 N–H and O–H groups in total. The lowest BCUT2D eigenvalue weighted by Gasteiger charge is -2.35. The molecule has 0 bridgehead atoms. The fraction of sp³-hybridized carbons (Fsp3) is 0.923. The number of amides is 1. The SMILES string of the molecule is CC(C)CCN1CCCCNC(C)(C)C1=O. The van der Waals surface area contributed by atoms with Gasteiger partial charge in [0.1, 0.15) is 0 Å². The van der Waals surface area contributed by atoms with Crippen LogP contribution in [0.1, 0.15) is 47.0 Å². The molecule has 3 heteroatoms. The van der Waals surface area contributed by atoms with Crippen LogP contribution in [0.15, 0.2) is 0 Å². The van der Waals surface area contributed by atoms with Crippen LogP contribution in [0, 0.1) is 5.92 Å². The van der Waals surface area contributed by atoms with E-state index < -0.39 is 5.54 Å². The minimum atomic E-state index is -0.391. The van der Waals surface area contributed by atoms with Crippen LogP contribution in [0.4, 0.5) is 0 Å². The second-order valence-corrected chi connectivity index (χ2v) is 5.73. The van der Waals surface area contributed by atoms with Crippen molar-refractivity contribution in [1.82, 2.24) is 10.2 Å². The van der Waals surface area contributed by atoms with Crippen molar-refractivity contribution in [2.24, 2.45) is 5.92 Å². The van der Waals surface area contributed by atoms with Crippen molar-refractivity contribution in [3.8, 4) is 0 Å². The van der Waals surface area contributed by atoms with Crippen LogP contribution in [-0.2, 0) is 4.79 Å². The summed E-state index contributed by atoms with van der Waals surface area (Å²) >= 11 is 0. The summed E-state index contributed by atoms with van der Waals surface area (Å²) in [5.74, 6) is 0.919. The van der Waals surface area contributed by atoms with Crippen LogP contribution in [-0.4, -0.2) is 36.0 Å². The van der Waals surface area contributed by atoms with Gasteiger partial charge in [0.25, 0.3) is 0 Å². The lowest BCUT2D eigenvalue weighted by molar-refractivity contribution is -0.138. The van der Waals surface area contributed by atoms with E-state index in [2.05, 4.69) is 19.2 Å². The summed E-state index contributed by atoms with van der Waals surface area (Å²) in [5.41, 5.74) is -0.391. The molecule has 1 saturated heterocycles. The largest absolute Gasteiger partial charge is 0.341 e. The number of carbonyl (C=O) groups excluding carboxylic acids is 1. The van der Waals surface area contributed by atoms with E-state index in [1.807, 2.05) is 18.7 Å². The van der Waals surface area contributed by atoms with Crippen LogP contribution in [0.3, 0.4) is 0 Å². The highest BCUT2D eigenvalue weighted by atomic mass is 16.2. The summed E-state index contributed by atoms with van der Waals surface area (Å²) in [5, 5.41) is 3.34. The zero-order valence-corrected chi connectivity index (χ0v) is 11.2. The first-order valence-corrected chi connectivity index (χ1v) is 6.48. The van der Waals surface area contributed by atoms with E-state index in [0.29, 0.717) is 5.92 Å². The normalized spacial score (nSPS) is 22.1. The topological polar surface area (TPSA) is 32.3 Å². The van der Waals surface area contributed by atoms with Gasteiger partial charge in [0, 0.05) is 13.1 Å². The third-order valence-electron chi connectivity index (χ3n) is 3.22. The average Bonchev–Trinajstić information content (AvgIpc) is 2.19. The van der Waals surface area contributed by atoms with Gasteiger partial charge in [-0.2, -0.15) is 0 Å². The van der Waals surface area contributed by atoms with Gasteiger partial charge in [0.15, 0.2) is 0 Å². The van der Waals surface area contributed by atoms with Gasteiger partial charge in [0.05, 0.1) is 5.54 Å². The maximum atomic E-state index is 12.3. The summed E-state index contributed by atoms with van der Waals surface area (Å²) in [7, 11) is 0. The Hall–Kier alpha value is -0.570. The minimum Gasteiger partial charge on any atom is -0.341 e. The number of carbonyl (C=O) groups is 1. The van der Waals surface area contributed by atoms with Gasteiger partial charge in [0.2, 0.25) is 5.91 Å². The fourth-order valence-electron chi connectivity index (χ4n) is 2.03. The highest BCUT2D eigenvalue weighted by Crippen LogP contribution is 2.14. The van der Waals surface area contributed by atoms with Crippen LogP contribution >= 0.6 is 0 Å². The number of nitrogens with zero attached hydrogens (tertiary/aromatic N) is 1. The fourth-order valence-corrected chi connectivity index (χ4v) is 2.03. The summed E-state index contributed by atoms with van der Waals surface area (Å²) in [4.78, 5) is 14.3. The Morgan fingerprint density at radius 1 is 1.38 bits per heavy atom. The zero-order valence-electron chi connectivity index (χ0n) is 11.2. The molecule has 1 aliphatic rings. The molecular formula is C13H26N2O. The molecule has 0 aromatic carbocycles. The van der Waals surface area contributed by atoms with Crippen LogP contribution in [0.2, 0.25) is 0 Å². The summed E-state index contributed by atoms with van der Waals surface area (Å²) in [6.07, 6.45) is 3.38. The van der Waals surface area contributed by atoms with Gasteiger partial charge in [-0.15, -0.1) is 0 Å². The zero-order chi connectivity index (χ0) is 12.2. The van der Waals surface area contributed by atoms with Crippen molar-refractivity contribution in [1.29, 1.82) is 0 Å². The van der Waals surface area contributed by atoms with Crippen LogP contribution in [0.25, 0.3) is 0 Å². The summed E-state index contributed by atoms with van der Waals surface area (Å²) in [6, 6.07) is 0. The molecule has 0 atom stereocenters. The Morgan fingerprint density at radius 3 is 2.69 bits per heavy atom. The smallest absolute Gasteiger partial charge is 0.242 e.